The molecule has 2 aromatic rings. The first-order valence-electron chi connectivity index (χ1n) is 11.5. The molecule has 2 fully saturated rings. The zero-order chi connectivity index (χ0) is 23.2. The maximum Gasteiger partial charge on any atom is 0.322 e. The fraction of sp³-hybridized carbons (Fsp3) is 0.440. The van der Waals surface area contributed by atoms with Gasteiger partial charge in [0.25, 0.3) is 5.91 Å². The van der Waals surface area contributed by atoms with Crippen molar-refractivity contribution in [3.05, 3.63) is 64.7 Å². The standard InChI is InChI=1S/C25H31ClN4O3/c1-19-6-8-20(9-7-19)24(31)29-11-3-10-28(12-13-29)17-23-18-30(14-15-33-23)25(32)27-22-5-2-4-21(26)16-22/h2,4-9,16,23H,3,10-15,17-18H2,1H3,(H,27,32)/t23-/m0/s1. The number of halogens is 1. The molecule has 2 saturated heterocycles. The summed E-state index contributed by atoms with van der Waals surface area (Å²) in [7, 11) is 0. The minimum absolute atomic E-state index is 0.0526. The second-order valence-corrected chi connectivity index (χ2v) is 9.13. The molecule has 4 rings (SSSR count). The molecule has 0 aliphatic carbocycles. The first-order valence-corrected chi connectivity index (χ1v) is 11.9. The Labute approximate surface area is 200 Å². The fourth-order valence-electron chi connectivity index (χ4n) is 4.31. The third kappa shape index (κ3) is 6.47. The quantitative estimate of drug-likeness (QED) is 0.739. The third-order valence-electron chi connectivity index (χ3n) is 6.14. The average molecular weight is 471 g/mol. The lowest BCUT2D eigenvalue weighted by molar-refractivity contribution is -0.0283. The Hall–Kier alpha value is -2.61. The first kappa shape index (κ1) is 23.5. The highest BCUT2D eigenvalue weighted by atomic mass is 35.5. The van der Waals surface area contributed by atoms with E-state index in [0.29, 0.717) is 37.0 Å². The number of hydrogen-bond acceptors (Lipinski definition) is 4. The summed E-state index contributed by atoms with van der Waals surface area (Å²) >= 11 is 6.01. The summed E-state index contributed by atoms with van der Waals surface area (Å²) in [5.74, 6) is 0.0922. The number of morpholine rings is 1. The van der Waals surface area contributed by atoms with Crippen LogP contribution in [0.3, 0.4) is 0 Å². The van der Waals surface area contributed by atoms with Crippen LogP contribution in [-0.4, -0.2) is 85.2 Å². The van der Waals surface area contributed by atoms with E-state index in [1.807, 2.05) is 48.2 Å². The molecule has 2 aliphatic heterocycles. The molecular weight excluding hydrogens is 440 g/mol. The van der Waals surface area contributed by atoms with Crippen molar-refractivity contribution in [3.8, 4) is 0 Å². The topological polar surface area (TPSA) is 65.1 Å². The van der Waals surface area contributed by atoms with Crippen LogP contribution in [0.2, 0.25) is 5.02 Å². The molecule has 0 saturated carbocycles. The van der Waals surface area contributed by atoms with Crippen LogP contribution >= 0.6 is 11.6 Å². The average Bonchev–Trinajstić information content (AvgIpc) is 3.05. The Kier molecular flexibility index (Phi) is 7.85. The van der Waals surface area contributed by atoms with Gasteiger partial charge in [0, 0.05) is 55.5 Å². The van der Waals surface area contributed by atoms with Gasteiger partial charge < -0.3 is 19.9 Å². The number of anilines is 1. The van der Waals surface area contributed by atoms with E-state index in [1.54, 1.807) is 17.0 Å². The first-order chi connectivity index (χ1) is 16.0. The molecule has 33 heavy (non-hydrogen) atoms. The van der Waals surface area contributed by atoms with Gasteiger partial charge in [0.05, 0.1) is 12.7 Å². The van der Waals surface area contributed by atoms with Crippen molar-refractivity contribution in [3.63, 3.8) is 0 Å². The molecule has 2 aromatic carbocycles. The molecule has 8 heteroatoms. The maximum absolute atomic E-state index is 12.9. The Bertz CT molecular complexity index is 968. The second kappa shape index (κ2) is 11.0. The highest BCUT2D eigenvalue weighted by molar-refractivity contribution is 6.30. The van der Waals surface area contributed by atoms with Crippen LogP contribution in [0, 0.1) is 6.92 Å². The van der Waals surface area contributed by atoms with Crippen molar-refractivity contribution in [2.75, 3.05) is 57.7 Å². The Morgan fingerprint density at radius 1 is 1.03 bits per heavy atom. The lowest BCUT2D eigenvalue weighted by atomic mass is 10.1. The van der Waals surface area contributed by atoms with E-state index in [9.17, 15) is 9.59 Å². The van der Waals surface area contributed by atoms with E-state index in [0.717, 1.165) is 43.7 Å². The largest absolute Gasteiger partial charge is 0.373 e. The molecule has 0 bridgehead atoms. The van der Waals surface area contributed by atoms with Gasteiger partial charge in [-0.3, -0.25) is 9.69 Å². The molecule has 7 nitrogen and oxygen atoms in total. The van der Waals surface area contributed by atoms with Gasteiger partial charge in [0.1, 0.15) is 0 Å². The number of carbonyl (C=O) groups is 2. The molecule has 0 radical (unpaired) electrons. The number of rotatable bonds is 4. The third-order valence-corrected chi connectivity index (χ3v) is 6.37. The Morgan fingerprint density at radius 2 is 1.85 bits per heavy atom. The van der Waals surface area contributed by atoms with Gasteiger partial charge in [0.2, 0.25) is 0 Å². The van der Waals surface area contributed by atoms with Crippen LogP contribution in [-0.2, 0) is 4.74 Å². The molecular formula is C25H31ClN4O3. The number of aryl methyl sites for hydroxylation is 1. The number of amides is 3. The lowest BCUT2D eigenvalue weighted by Gasteiger charge is -2.35. The van der Waals surface area contributed by atoms with Gasteiger partial charge in [-0.15, -0.1) is 0 Å². The van der Waals surface area contributed by atoms with Crippen molar-refractivity contribution in [1.29, 1.82) is 0 Å². The van der Waals surface area contributed by atoms with Crippen LogP contribution < -0.4 is 5.32 Å². The van der Waals surface area contributed by atoms with E-state index in [2.05, 4.69) is 10.2 Å². The summed E-state index contributed by atoms with van der Waals surface area (Å²) in [6.45, 7) is 7.52. The predicted molar refractivity (Wildman–Crippen MR) is 130 cm³/mol. The van der Waals surface area contributed by atoms with Crippen LogP contribution in [0.5, 0.6) is 0 Å². The molecule has 2 heterocycles. The summed E-state index contributed by atoms with van der Waals surface area (Å²) in [5, 5.41) is 3.50. The minimum atomic E-state index is -0.142. The zero-order valence-electron chi connectivity index (χ0n) is 19.0. The summed E-state index contributed by atoms with van der Waals surface area (Å²) in [4.78, 5) is 31.6. The van der Waals surface area contributed by atoms with Crippen molar-refractivity contribution in [2.45, 2.75) is 19.4 Å². The summed E-state index contributed by atoms with van der Waals surface area (Å²) in [5.41, 5.74) is 2.57. The molecule has 1 atom stereocenters. The van der Waals surface area contributed by atoms with E-state index in [4.69, 9.17) is 16.3 Å². The smallest absolute Gasteiger partial charge is 0.322 e. The van der Waals surface area contributed by atoms with Crippen LogP contribution in [0.15, 0.2) is 48.5 Å². The number of carbonyl (C=O) groups excluding carboxylic acids is 2. The summed E-state index contributed by atoms with van der Waals surface area (Å²) in [6, 6.07) is 14.8. The van der Waals surface area contributed by atoms with Crippen LogP contribution in [0.4, 0.5) is 10.5 Å². The Balaban J connectivity index is 1.27. The number of nitrogens with one attached hydrogen (secondary N) is 1. The Morgan fingerprint density at radius 3 is 2.64 bits per heavy atom. The number of ether oxygens (including phenoxy) is 1. The van der Waals surface area contributed by atoms with Crippen molar-refractivity contribution in [1.82, 2.24) is 14.7 Å². The fourth-order valence-corrected chi connectivity index (χ4v) is 4.50. The lowest BCUT2D eigenvalue weighted by Crippen LogP contribution is -2.51. The second-order valence-electron chi connectivity index (χ2n) is 8.69. The summed E-state index contributed by atoms with van der Waals surface area (Å²) in [6.07, 6.45) is 0.867. The normalized spacial score (nSPS) is 19.8. The minimum Gasteiger partial charge on any atom is -0.373 e. The van der Waals surface area contributed by atoms with E-state index in [-0.39, 0.29) is 18.0 Å². The molecule has 3 amide bonds. The molecule has 0 spiro atoms. The van der Waals surface area contributed by atoms with Crippen LogP contribution in [0.25, 0.3) is 0 Å². The number of benzene rings is 2. The summed E-state index contributed by atoms with van der Waals surface area (Å²) < 4.78 is 5.96. The highest BCUT2D eigenvalue weighted by Crippen LogP contribution is 2.17. The van der Waals surface area contributed by atoms with Crippen molar-refractivity contribution in [2.24, 2.45) is 0 Å². The predicted octanol–water partition coefficient (Wildman–Crippen LogP) is 3.73. The van der Waals surface area contributed by atoms with E-state index >= 15 is 0 Å². The highest BCUT2D eigenvalue weighted by Gasteiger charge is 2.27. The molecule has 176 valence electrons. The van der Waals surface area contributed by atoms with Gasteiger partial charge in [-0.2, -0.15) is 0 Å². The molecule has 1 N–H and O–H groups in total. The number of hydrogen-bond donors (Lipinski definition) is 1. The van der Waals surface area contributed by atoms with Gasteiger partial charge in [-0.25, -0.2) is 4.79 Å². The monoisotopic (exact) mass is 470 g/mol. The number of nitrogens with zero attached hydrogens (tertiary/aromatic N) is 3. The van der Waals surface area contributed by atoms with Crippen molar-refractivity contribution < 1.29 is 14.3 Å². The molecule has 0 aromatic heterocycles. The van der Waals surface area contributed by atoms with Gasteiger partial charge in [-0.05, 0) is 50.2 Å². The van der Waals surface area contributed by atoms with Gasteiger partial charge in [-0.1, -0.05) is 35.4 Å². The van der Waals surface area contributed by atoms with Crippen molar-refractivity contribution >= 4 is 29.2 Å². The van der Waals surface area contributed by atoms with Crippen LogP contribution in [0.1, 0.15) is 22.3 Å². The number of urea groups is 1. The van der Waals surface area contributed by atoms with E-state index in [1.165, 1.54) is 0 Å². The van der Waals surface area contributed by atoms with E-state index < -0.39 is 0 Å². The maximum atomic E-state index is 12.9. The zero-order valence-corrected chi connectivity index (χ0v) is 19.8. The van der Waals surface area contributed by atoms with Gasteiger partial charge in [0.15, 0.2) is 0 Å². The SMILES string of the molecule is Cc1ccc(C(=O)N2CCCN(C[C@H]3CN(C(=O)Nc4cccc(Cl)c4)CCO3)CC2)cc1. The molecule has 0 unspecified atom stereocenters. The molecule has 2 aliphatic rings. The van der Waals surface area contributed by atoms with Gasteiger partial charge >= 0.3 is 6.03 Å².